The van der Waals surface area contributed by atoms with Crippen LogP contribution in [-0.4, -0.2) is 52.7 Å². The van der Waals surface area contributed by atoms with Crippen molar-refractivity contribution in [2.45, 2.75) is 85.8 Å². The van der Waals surface area contributed by atoms with Crippen LogP contribution in [0.25, 0.3) is 0 Å². The zero-order valence-corrected chi connectivity index (χ0v) is 17.5. The Morgan fingerprint density at radius 3 is 1.74 bits per heavy atom. The van der Waals surface area contributed by atoms with Gasteiger partial charge in [0.15, 0.2) is 0 Å². The van der Waals surface area contributed by atoms with E-state index < -0.39 is 8.80 Å². The summed E-state index contributed by atoms with van der Waals surface area (Å²) in [5, 5.41) is 0. The molecule has 0 spiro atoms. The zero-order valence-electron chi connectivity index (χ0n) is 16.5. The predicted molar refractivity (Wildman–Crippen MR) is 101 cm³/mol. The summed E-state index contributed by atoms with van der Waals surface area (Å²) in [4.78, 5) is 2.61. The molecule has 140 valence electrons. The average molecular weight is 348 g/mol. The molecule has 0 amide bonds. The standard InChI is InChI=1S/C18H41NO3Si/c1-7-11-15-19(16-12-8-2)17-13-14-18(5)22-23(6,20-9-3)21-10-4/h18H,7-17H2,1-6H3. The molecule has 0 aromatic carbocycles. The molecule has 0 bridgehead atoms. The van der Waals surface area contributed by atoms with E-state index in [1.165, 1.54) is 51.7 Å². The van der Waals surface area contributed by atoms with Crippen molar-refractivity contribution < 1.29 is 13.3 Å². The van der Waals surface area contributed by atoms with Crippen molar-refractivity contribution in [1.29, 1.82) is 0 Å². The van der Waals surface area contributed by atoms with Gasteiger partial charge in [0.05, 0.1) is 0 Å². The first kappa shape index (κ1) is 23.1. The second-order valence-corrected chi connectivity index (χ2v) is 8.89. The van der Waals surface area contributed by atoms with Crippen LogP contribution in [-0.2, 0) is 13.3 Å². The van der Waals surface area contributed by atoms with Gasteiger partial charge in [0.2, 0.25) is 0 Å². The maximum absolute atomic E-state index is 6.14. The summed E-state index contributed by atoms with van der Waals surface area (Å²) in [6.45, 7) is 17.6. The molecule has 5 heteroatoms. The highest BCUT2D eigenvalue weighted by atomic mass is 28.4. The van der Waals surface area contributed by atoms with E-state index in [2.05, 4.69) is 25.7 Å². The molecule has 4 nitrogen and oxygen atoms in total. The Morgan fingerprint density at radius 2 is 1.30 bits per heavy atom. The van der Waals surface area contributed by atoms with Gasteiger partial charge >= 0.3 is 8.80 Å². The molecule has 0 aliphatic heterocycles. The molecule has 0 saturated carbocycles. The van der Waals surface area contributed by atoms with Crippen LogP contribution < -0.4 is 0 Å². The molecule has 1 atom stereocenters. The minimum atomic E-state index is -2.45. The Bertz CT molecular complexity index is 253. The third-order valence-electron chi connectivity index (χ3n) is 3.97. The molecule has 0 radical (unpaired) electrons. The Labute approximate surface area is 146 Å². The Morgan fingerprint density at radius 1 is 0.826 bits per heavy atom. The van der Waals surface area contributed by atoms with Crippen LogP contribution in [0.1, 0.15) is 73.1 Å². The predicted octanol–water partition coefficient (Wildman–Crippen LogP) is 4.72. The van der Waals surface area contributed by atoms with Gasteiger partial charge in [0.1, 0.15) is 0 Å². The largest absolute Gasteiger partial charge is 0.497 e. The summed E-state index contributed by atoms with van der Waals surface area (Å²) in [5.74, 6) is 0. The topological polar surface area (TPSA) is 30.9 Å². The van der Waals surface area contributed by atoms with Gasteiger partial charge in [-0.2, -0.15) is 0 Å². The van der Waals surface area contributed by atoms with Crippen molar-refractivity contribution in [3.8, 4) is 0 Å². The first-order chi connectivity index (χ1) is 11.0. The molecule has 0 N–H and O–H groups in total. The van der Waals surface area contributed by atoms with Crippen molar-refractivity contribution in [3.05, 3.63) is 0 Å². The normalized spacial score (nSPS) is 13.7. The second kappa shape index (κ2) is 14.4. The number of rotatable bonds is 16. The van der Waals surface area contributed by atoms with Crippen LogP contribution in [0.3, 0.4) is 0 Å². The van der Waals surface area contributed by atoms with Crippen LogP contribution in [0.15, 0.2) is 0 Å². The highest BCUT2D eigenvalue weighted by molar-refractivity contribution is 6.59. The minimum absolute atomic E-state index is 0.198. The van der Waals surface area contributed by atoms with Crippen LogP contribution in [0, 0.1) is 0 Å². The minimum Gasteiger partial charge on any atom is -0.374 e. The first-order valence-electron chi connectivity index (χ1n) is 9.69. The SMILES string of the molecule is CCCCN(CCCC)CCCC(C)O[Si](C)(OCC)OCC. The molecule has 0 saturated heterocycles. The van der Waals surface area contributed by atoms with Crippen LogP contribution in [0.5, 0.6) is 0 Å². The number of nitrogens with zero attached hydrogens (tertiary/aromatic N) is 1. The number of unbranched alkanes of at least 4 members (excludes halogenated alkanes) is 2. The molecule has 0 heterocycles. The third kappa shape index (κ3) is 12.1. The van der Waals surface area contributed by atoms with Crippen molar-refractivity contribution in [1.82, 2.24) is 4.90 Å². The fourth-order valence-corrected chi connectivity index (χ4v) is 4.88. The van der Waals surface area contributed by atoms with Gasteiger partial charge in [-0.25, -0.2) is 0 Å². The molecule has 0 aromatic heterocycles. The third-order valence-corrected chi connectivity index (χ3v) is 6.43. The van der Waals surface area contributed by atoms with E-state index in [1.54, 1.807) is 0 Å². The fraction of sp³-hybridized carbons (Fsp3) is 1.00. The summed E-state index contributed by atoms with van der Waals surface area (Å²) in [6.07, 6.45) is 7.59. The highest BCUT2D eigenvalue weighted by Crippen LogP contribution is 2.15. The molecule has 0 aromatic rings. The van der Waals surface area contributed by atoms with E-state index in [1.807, 2.05) is 20.4 Å². The number of hydrogen-bond acceptors (Lipinski definition) is 4. The molecule has 1 unspecified atom stereocenters. The van der Waals surface area contributed by atoms with Gasteiger partial charge in [-0.3, -0.25) is 0 Å². The highest BCUT2D eigenvalue weighted by Gasteiger charge is 2.35. The summed E-state index contributed by atoms with van der Waals surface area (Å²) >= 11 is 0. The zero-order chi connectivity index (χ0) is 17.6. The Kier molecular flexibility index (Phi) is 14.4. The second-order valence-electron chi connectivity index (χ2n) is 6.35. The van der Waals surface area contributed by atoms with E-state index in [4.69, 9.17) is 13.3 Å². The Balaban J connectivity index is 4.14. The van der Waals surface area contributed by atoms with E-state index >= 15 is 0 Å². The van der Waals surface area contributed by atoms with Crippen molar-refractivity contribution >= 4 is 8.80 Å². The Hall–Kier alpha value is 0.0569. The lowest BCUT2D eigenvalue weighted by atomic mass is 10.2. The summed E-state index contributed by atoms with van der Waals surface area (Å²) < 4.78 is 17.7. The van der Waals surface area contributed by atoms with Gasteiger partial charge in [-0.1, -0.05) is 26.7 Å². The van der Waals surface area contributed by atoms with E-state index in [9.17, 15) is 0 Å². The van der Waals surface area contributed by atoms with Gasteiger partial charge in [0, 0.05) is 25.9 Å². The van der Waals surface area contributed by atoms with Gasteiger partial charge in [0.25, 0.3) is 0 Å². The van der Waals surface area contributed by atoms with E-state index in [0.717, 1.165) is 6.42 Å². The molecule has 0 aliphatic carbocycles. The van der Waals surface area contributed by atoms with Crippen LogP contribution in [0.4, 0.5) is 0 Å². The van der Waals surface area contributed by atoms with Gasteiger partial charge in [-0.05, 0) is 66.1 Å². The van der Waals surface area contributed by atoms with Crippen LogP contribution in [0.2, 0.25) is 6.55 Å². The van der Waals surface area contributed by atoms with E-state index in [-0.39, 0.29) is 6.10 Å². The maximum Gasteiger partial charge on any atom is 0.497 e. The molecule has 23 heavy (non-hydrogen) atoms. The smallest absolute Gasteiger partial charge is 0.374 e. The first-order valence-corrected chi connectivity index (χ1v) is 11.9. The molecule has 0 aliphatic rings. The molecular formula is C18H41NO3Si. The van der Waals surface area contributed by atoms with Crippen molar-refractivity contribution in [3.63, 3.8) is 0 Å². The molecule has 0 fully saturated rings. The lowest BCUT2D eigenvalue weighted by Gasteiger charge is -2.29. The van der Waals surface area contributed by atoms with Crippen LogP contribution >= 0.6 is 0 Å². The molecule has 0 rings (SSSR count). The van der Waals surface area contributed by atoms with Gasteiger partial charge < -0.3 is 18.2 Å². The van der Waals surface area contributed by atoms with E-state index in [0.29, 0.717) is 13.2 Å². The van der Waals surface area contributed by atoms with Crippen molar-refractivity contribution in [2.24, 2.45) is 0 Å². The lowest BCUT2D eigenvalue weighted by Crippen LogP contribution is -2.45. The average Bonchev–Trinajstić information content (AvgIpc) is 2.49. The maximum atomic E-state index is 6.14. The van der Waals surface area contributed by atoms with Crippen molar-refractivity contribution in [2.75, 3.05) is 32.8 Å². The summed E-state index contributed by atoms with van der Waals surface area (Å²) in [7, 11) is -2.45. The quantitative estimate of drug-likeness (QED) is 0.378. The fourth-order valence-electron chi connectivity index (χ4n) is 2.76. The molecular weight excluding hydrogens is 306 g/mol. The van der Waals surface area contributed by atoms with Gasteiger partial charge in [-0.15, -0.1) is 0 Å². The number of hydrogen-bond donors (Lipinski definition) is 0. The summed E-state index contributed by atoms with van der Waals surface area (Å²) in [5.41, 5.74) is 0. The summed E-state index contributed by atoms with van der Waals surface area (Å²) in [6, 6.07) is 0. The lowest BCUT2D eigenvalue weighted by molar-refractivity contribution is 0.0399. The monoisotopic (exact) mass is 347 g/mol.